The summed E-state index contributed by atoms with van der Waals surface area (Å²) in [5, 5.41) is 5.85. The van der Waals surface area contributed by atoms with Crippen molar-refractivity contribution in [3.63, 3.8) is 0 Å². The zero-order valence-corrected chi connectivity index (χ0v) is 17.0. The minimum Gasteiger partial charge on any atom is -0.294 e. The van der Waals surface area contributed by atoms with E-state index in [1.54, 1.807) is 10.7 Å². The summed E-state index contributed by atoms with van der Waals surface area (Å²) in [6, 6.07) is 17.9. The smallest absolute Gasteiger partial charge is 0.253 e. The summed E-state index contributed by atoms with van der Waals surface area (Å²) in [5.74, 6) is 1.54. The van der Waals surface area contributed by atoms with Crippen molar-refractivity contribution in [3.8, 4) is 0 Å². The molecule has 0 N–H and O–H groups in total. The second-order valence-corrected chi connectivity index (χ2v) is 8.47. The molecule has 1 atom stereocenters. The Morgan fingerprint density at radius 1 is 1.03 bits per heavy atom. The zero-order valence-electron chi connectivity index (χ0n) is 15.5. The first kappa shape index (κ1) is 18.3. The fraction of sp³-hybridized carbons (Fsp3) is 0.182. The van der Waals surface area contributed by atoms with E-state index in [2.05, 4.69) is 27.2 Å². The van der Waals surface area contributed by atoms with Crippen LogP contribution in [0.15, 0.2) is 66.0 Å². The molecule has 2 aromatic heterocycles. The van der Waals surface area contributed by atoms with Crippen LogP contribution in [0.3, 0.4) is 0 Å². The average molecular weight is 421 g/mol. The van der Waals surface area contributed by atoms with E-state index in [9.17, 15) is 4.79 Å². The molecule has 0 aliphatic heterocycles. The van der Waals surface area contributed by atoms with E-state index in [4.69, 9.17) is 11.6 Å². The molecule has 0 bridgehead atoms. The van der Waals surface area contributed by atoms with Crippen molar-refractivity contribution in [2.24, 2.45) is 0 Å². The number of rotatable bonds is 4. The summed E-state index contributed by atoms with van der Waals surface area (Å²) in [7, 11) is 0. The molecule has 0 fully saturated rings. The summed E-state index contributed by atoms with van der Waals surface area (Å²) in [6.45, 7) is 0. The molecule has 0 amide bonds. The fourth-order valence-corrected chi connectivity index (χ4v) is 4.52. The summed E-state index contributed by atoms with van der Waals surface area (Å²) >= 11 is 7.47. The lowest BCUT2D eigenvalue weighted by Gasteiger charge is -2.22. The number of nitrogens with zero attached hydrogens (tertiary/aromatic N) is 4. The number of aromatic nitrogens is 4. The number of carbonyl (C=O) groups excluding carboxylic acids is 1. The third-order valence-electron chi connectivity index (χ3n) is 5.12. The van der Waals surface area contributed by atoms with Crippen molar-refractivity contribution in [3.05, 3.63) is 88.2 Å². The molecule has 144 valence electrons. The molecule has 4 aromatic rings. The number of fused-ring (bicyclic) bond motifs is 2. The van der Waals surface area contributed by atoms with Gasteiger partial charge in [0.05, 0.1) is 11.3 Å². The molecule has 2 aromatic carbocycles. The first-order chi connectivity index (χ1) is 14.2. The van der Waals surface area contributed by atoms with E-state index in [0.29, 0.717) is 22.9 Å². The Morgan fingerprint density at radius 3 is 2.62 bits per heavy atom. The van der Waals surface area contributed by atoms with Gasteiger partial charge in [-0.2, -0.15) is 4.98 Å². The molecule has 0 radical (unpaired) electrons. The van der Waals surface area contributed by atoms with Crippen LogP contribution in [-0.2, 0) is 12.2 Å². The van der Waals surface area contributed by atoms with E-state index in [0.717, 1.165) is 28.5 Å². The maximum absolute atomic E-state index is 12.7. The minimum atomic E-state index is 0.111. The zero-order chi connectivity index (χ0) is 19.8. The maximum atomic E-state index is 12.7. The molecule has 5 nitrogen and oxygen atoms in total. The average Bonchev–Trinajstić information content (AvgIpc) is 3.14. The van der Waals surface area contributed by atoms with Crippen LogP contribution in [0.1, 0.15) is 39.5 Å². The third kappa shape index (κ3) is 3.78. The van der Waals surface area contributed by atoms with Crippen molar-refractivity contribution in [1.29, 1.82) is 0 Å². The van der Waals surface area contributed by atoms with Gasteiger partial charge in [0.1, 0.15) is 0 Å². The van der Waals surface area contributed by atoms with Crippen LogP contribution >= 0.6 is 23.4 Å². The number of hydrogen-bond donors (Lipinski definition) is 0. The van der Waals surface area contributed by atoms with Crippen LogP contribution in [-0.4, -0.2) is 25.4 Å². The van der Waals surface area contributed by atoms with Gasteiger partial charge >= 0.3 is 0 Å². The van der Waals surface area contributed by atoms with E-state index >= 15 is 0 Å². The molecule has 1 aliphatic rings. The van der Waals surface area contributed by atoms with Crippen LogP contribution in [0, 0.1) is 0 Å². The highest BCUT2D eigenvalue weighted by Crippen LogP contribution is 2.32. The Morgan fingerprint density at radius 2 is 1.83 bits per heavy atom. The number of benzene rings is 2. The van der Waals surface area contributed by atoms with Gasteiger partial charge in [-0.1, -0.05) is 65.8 Å². The highest BCUT2D eigenvalue weighted by molar-refractivity contribution is 7.98. The second kappa shape index (κ2) is 7.61. The molecule has 1 aliphatic carbocycles. The molecule has 0 saturated carbocycles. The predicted octanol–water partition coefficient (Wildman–Crippen LogP) is 4.98. The molecule has 0 saturated heterocycles. The molecule has 0 spiro atoms. The van der Waals surface area contributed by atoms with Crippen molar-refractivity contribution >= 4 is 34.9 Å². The Labute approximate surface area is 177 Å². The molecule has 29 heavy (non-hydrogen) atoms. The largest absolute Gasteiger partial charge is 0.294 e. The quantitative estimate of drug-likeness (QED) is 0.435. The normalized spacial score (nSPS) is 16.2. The van der Waals surface area contributed by atoms with Crippen molar-refractivity contribution in [2.45, 2.75) is 29.7 Å². The topological polar surface area (TPSA) is 60.2 Å². The minimum absolute atomic E-state index is 0.111. The lowest BCUT2D eigenvalue weighted by Crippen LogP contribution is -2.21. The van der Waals surface area contributed by atoms with Gasteiger partial charge in [-0.3, -0.25) is 4.79 Å². The van der Waals surface area contributed by atoms with Crippen molar-refractivity contribution in [2.75, 3.05) is 0 Å². The van der Waals surface area contributed by atoms with E-state index < -0.39 is 0 Å². The number of halogens is 1. The molecule has 5 rings (SSSR count). The van der Waals surface area contributed by atoms with E-state index in [-0.39, 0.29) is 11.7 Å². The van der Waals surface area contributed by atoms with Gasteiger partial charge in [-0.15, -0.1) is 5.10 Å². The van der Waals surface area contributed by atoms with Crippen LogP contribution < -0.4 is 0 Å². The van der Waals surface area contributed by atoms with Crippen LogP contribution in [0.2, 0.25) is 5.02 Å². The number of hydrogen-bond acceptors (Lipinski definition) is 5. The Balaban J connectivity index is 1.40. The Bertz CT molecular complexity index is 1190. The van der Waals surface area contributed by atoms with Gasteiger partial charge in [0.2, 0.25) is 5.16 Å². The summed E-state index contributed by atoms with van der Waals surface area (Å²) in [5.41, 5.74) is 3.79. The maximum Gasteiger partial charge on any atom is 0.253 e. The standard InChI is InChI=1S/C22H17ClN4OS/c23-17-8-6-14(7-9-17)13-29-22-25-21-24-19-10-16(15-4-2-1-3-5-15)11-20(28)18(19)12-27(21)26-22/h1-9,12,16H,10-11,13H2/t16-/m1/s1. The van der Waals surface area contributed by atoms with Gasteiger partial charge < -0.3 is 0 Å². The monoisotopic (exact) mass is 420 g/mol. The SMILES string of the molecule is O=C1C[C@H](c2ccccc2)Cc2nc3nc(SCc4ccc(Cl)cc4)nn3cc21. The lowest BCUT2D eigenvalue weighted by atomic mass is 9.82. The van der Waals surface area contributed by atoms with Crippen molar-refractivity contribution in [1.82, 2.24) is 19.6 Å². The Hall–Kier alpha value is -2.70. The number of carbonyl (C=O) groups is 1. The van der Waals surface area contributed by atoms with Gasteiger partial charge in [0, 0.05) is 23.4 Å². The summed E-state index contributed by atoms with van der Waals surface area (Å²) < 4.78 is 1.61. The molecular formula is C22H17ClN4OS. The number of thioether (sulfide) groups is 1. The molecular weight excluding hydrogens is 404 g/mol. The lowest BCUT2D eigenvalue weighted by molar-refractivity contribution is 0.0962. The van der Waals surface area contributed by atoms with E-state index in [1.807, 2.05) is 42.5 Å². The first-order valence-corrected chi connectivity index (χ1v) is 10.7. The van der Waals surface area contributed by atoms with Crippen LogP contribution in [0.5, 0.6) is 0 Å². The first-order valence-electron chi connectivity index (χ1n) is 9.37. The van der Waals surface area contributed by atoms with Gasteiger partial charge in [0.15, 0.2) is 5.78 Å². The van der Waals surface area contributed by atoms with Crippen molar-refractivity contribution < 1.29 is 4.79 Å². The number of ketones is 1. The van der Waals surface area contributed by atoms with Gasteiger partial charge in [-0.25, -0.2) is 9.50 Å². The fourth-order valence-electron chi connectivity index (χ4n) is 3.61. The van der Waals surface area contributed by atoms with Gasteiger partial charge in [0.25, 0.3) is 5.78 Å². The third-order valence-corrected chi connectivity index (χ3v) is 6.28. The Kier molecular flexibility index (Phi) is 4.81. The highest BCUT2D eigenvalue weighted by atomic mass is 35.5. The predicted molar refractivity (Wildman–Crippen MR) is 114 cm³/mol. The van der Waals surface area contributed by atoms with Crippen LogP contribution in [0.4, 0.5) is 0 Å². The summed E-state index contributed by atoms with van der Waals surface area (Å²) in [4.78, 5) is 21.9. The van der Waals surface area contributed by atoms with Gasteiger partial charge in [-0.05, 0) is 35.6 Å². The van der Waals surface area contributed by atoms with Crippen LogP contribution in [0.25, 0.3) is 5.78 Å². The number of Topliss-reactive ketones (excluding diaryl/α,β-unsaturated/α-hetero) is 1. The second-order valence-electron chi connectivity index (χ2n) is 7.09. The summed E-state index contributed by atoms with van der Waals surface area (Å²) in [6.07, 6.45) is 3.01. The highest BCUT2D eigenvalue weighted by Gasteiger charge is 2.28. The molecule has 2 heterocycles. The molecule has 0 unspecified atom stereocenters. The molecule has 7 heteroatoms. The van der Waals surface area contributed by atoms with E-state index in [1.165, 1.54) is 17.3 Å².